The van der Waals surface area contributed by atoms with Crippen LogP contribution < -0.4 is 0 Å². The van der Waals surface area contributed by atoms with Crippen LogP contribution in [-0.4, -0.2) is 35.1 Å². The Labute approximate surface area is 118 Å². The van der Waals surface area contributed by atoms with E-state index in [-0.39, 0.29) is 23.3 Å². The standard InChI is InChI=1S/C16H31NO2/c1-6-13-11-17(8-7-14(13)18)15(19)9-12(2)10-16(3,4)5/h12-14,18H,6-11H2,1-5H3. The van der Waals surface area contributed by atoms with Gasteiger partial charge in [0, 0.05) is 25.4 Å². The molecule has 1 saturated heterocycles. The van der Waals surface area contributed by atoms with Crippen molar-refractivity contribution in [3.63, 3.8) is 0 Å². The Kier molecular flexibility index (Phi) is 5.84. The molecule has 112 valence electrons. The van der Waals surface area contributed by atoms with Crippen LogP contribution in [0.4, 0.5) is 0 Å². The highest BCUT2D eigenvalue weighted by Gasteiger charge is 2.29. The number of rotatable bonds is 4. The number of carbonyl (C=O) groups excluding carboxylic acids is 1. The van der Waals surface area contributed by atoms with Crippen LogP contribution in [0.25, 0.3) is 0 Å². The molecule has 1 amide bonds. The van der Waals surface area contributed by atoms with Gasteiger partial charge in [0.2, 0.25) is 5.91 Å². The first kappa shape index (κ1) is 16.5. The molecule has 3 atom stereocenters. The Balaban J connectivity index is 2.45. The van der Waals surface area contributed by atoms with Crippen molar-refractivity contribution in [3.05, 3.63) is 0 Å². The quantitative estimate of drug-likeness (QED) is 0.852. The molecule has 0 spiro atoms. The molecule has 3 nitrogen and oxygen atoms in total. The van der Waals surface area contributed by atoms with Gasteiger partial charge in [-0.15, -0.1) is 0 Å². The minimum atomic E-state index is -0.221. The van der Waals surface area contributed by atoms with Gasteiger partial charge in [-0.3, -0.25) is 4.79 Å². The van der Waals surface area contributed by atoms with Crippen LogP contribution in [0, 0.1) is 17.3 Å². The van der Waals surface area contributed by atoms with Gasteiger partial charge in [-0.2, -0.15) is 0 Å². The number of nitrogens with zero attached hydrogens (tertiary/aromatic N) is 1. The lowest BCUT2D eigenvalue weighted by Gasteiger charge is -2.36. The number of piperidine rings is 1. The van der Waals surface area contributed by atoms with Crippen molar-refractivity contribution >= 4 is 5.91 Å². The Hall–Kier alpha value is -0.570. The van der Waals surface area contributed by atoms with Gasteiger partial charge in [0.05, 0.1) is 6.10 Å². The molecule has 0 saturated carbocycles. The van der Waals surface area contributed by atoms with Crippen molar-refractivity contribution in [1.29, 1.82) is 0 Å². The van der Waals surface area contributed by atoms with Crippen LogP contribution in [0.3, 0.4) is 0 Å². The molecule has 3 unspecified atom stereocenters. The molecular weight excluding hydrogens is 238 g/mol. The zero-order chi connectivity index (χ0) is 14.6. The first-order valence-electron chi connectivity index (χ1n) is 7.68. The van der Waals surface area contributed by atoms with Gasteiger partial charge in [0.1, 0.15) is 0 Å². The summed E-state index contributed by atoms with van der Waals surface area (Å²) in [5.41, 5.74) is 0.281. The summed E-state index contributed by atoms with van der Waals surface area (Å²) in [6.45, 7) is 12.4. The number of aliphatic hydroxyl groups excluding tert-OH is 1. The maximum atomic E-state index is 12.3. The van der Waals surface area contributed by atoms with Crippen LogP contribution in [0.15, 0.2) is 0 Å². The average molecular weight is 269 g/mol. The lowest BCUT2D eigenvalue weighted by Crippen LogP contribution is -2.46. The van der Waals surface area contributed by atoms with Gasteiger partial charge in [0.15, 0.2) is 0 Å². The highest BCUT2D eigenvalue weighted by Crippen LogP contribution is 2.27. The smallest absolute Gasteiger partial charge is 0.222 e. The summed E-state index contributed by atoms with van der Waals surface area (Å²) in [7, 11) is 0. The Morgan fingerprint density at radius 3 is 2.58 bits per heavy atom. The van der Waals surface area contributed by atoms with E-state index in [0.29, 0.717) is 12.3 Å². The molecule has 1 aliphatic heterocycles. The summed E-state index contributed by atoms with van der Waals surface area (Å²) in [6.07, 6.45) is 3.18. The van der Waals surface area contributed by atoms with Crippen LogP contribution in [-0.2, 0) is 4.79 Å². The summed E-state index contributed by atoms with van der Waals surface area (Å²) >= 11 is 0. The van der Waals surface area contributed by atoms with E-state index >= 15 is 0 Å². The summed E-state index contributed by atoms with van der Waals surface area (Å²) in [5, 5.41) is 9.87. The molecular formula is C16H31NO2. The molecule has 0 aromatic rings. The first-order valence-corrected chi connectivity index (χ1v) is 7.68. The lowest BCUT2D eigenvalue weighted by atomic mass is 9.83. The van der Waals surface area contributed by atoms with Gasteiger partial charge in [-0.05, 0) is 30.6 Å². The Morgan fingerprint density at radius 1 is 1.42 bits per heavy atom. The predicted molar refractivity (Wildman–Crippen MR) is 78.8 cm³/mol. The van der Waals surface area contributed by atoms with Gasteiger partial charge >= 0.3 is 0 Å². The van der Waals surface area contributed by atoms with Gasteiger partial charge in [0.25, 0.3) is 0 Å². The summed E-state index contributed by atoms with van der Waals surface area (Å²) in [5.74, 6) is 0.956. The van der Waals surface area contributed by atoms with Crippen LogP contribution >= 0.6 is 0 Å². The molecule has 3 heteroatoms. The minimum absolute atomic E-state index is 0.221. The van der Waals surface area contributed by atoms with E-state index in [9.17, 15) is 9.90 Å². The largest absolute Gasteiger partial charge is 0.393 e. The molecule has 1 heterocycles. The molecule has 1 fully saturated rings. The third kappa shape index (κ3) is 5.52. The number of hydrogen-bond donors (Lipinski definition) is 1. The van der Waals surface area contributed by atoms with Crippen LogP contribution in [0.1, 0.15) is 60.3 Å². The summed E-state index contributed by atoms with van der Waals surface area (Å²) in [4.78, 5) is 14.3. The third-order valence-corrected chi connectivity index (χ3v) is 4.05. The Morgan fingerprint density at radius 2 is 2.05 bits per heavy atom. The number of carbonyl (C=O) groups is 1. The highest BCUT2D eigenvalue weighted by atomic mass is 16.3. The van der Waals surface area contributed by atoms with Gasteiger partial charge in [-0.1, -0.05) is 34.6 Å². The minimum Gasteiger partial charge on any atom is -0.393 e. The average Bonchev–Trinajstić information content (AvgIpc) is 2.26. The molecule has 0 aromatic carbocycles. The second-order valence-electron chi connectivity index (χ2n) is 7.44. The van der Waals surface area contributed by atoms with E-state index in [0.717, 1.165) is 32.4 Å². The molecule has 19 heavy (non-hydrogen) atoms. The van der Waals surface area contributed by atoms with Crippen LogP contribution in [0.2, 0.25) is 0 Å². The molecule has 0 radical (unpaired) electrons. The molecule has 1 aliphatic rings. The molecule has 0 bridgehead atoms. The fourth-order valence-corrected chi connectivity index (χ4v) is 3.19. The van der Waals surface area contributed by atoms with E-state index in [1.807, 2.05) is 4.90 Å². The van der Waals surface area contributed by atoms with E-state index in [2.05, 4.69) is 34.6 Å². The number of likely N-dealkylation sites (tertiary alicyclic amines) is 1. The molecule has 0 aliphatic carbocycles. The summed E-state index contributed by atoms with van der Waals surface area (Å²) < 4.78 is 0. The van der Waals surface area contributed by atoms with Crippen molar-refractivity contribution in [2.24, 2.45) is 17.3 Å². The normalized spacial score (nSPS) is 26.3. The summed E-state index contributed by atoms with van der Waals surface area (Å²) in [6, 6.07) is 0. The topological polar surface area (TPSA) is 40.5 Å². The number of hydrogen-bond acceptors (Lipinski definition) is 2. The van der Waals surface area contributed by atoms with E-state index in [1.165, 1.54) is 0 Å². The van der Waals surface area contributed by atoms with E-state index in [1.54, 1.807) is 0 Å². The fourth-order valence-electron chi connectivity index (χ4n) is 3.19. The van der Waals surface area contributed by atoms with Crippen LogP contribution in [0.5, 0.6) is 0 Å². The second kappa shape index (κ2) is 6.74. The zero-order valence-corrected chi connectivity index (χ0v) is 13.3. The predicted octanol–water partition coefficient (Wildman–Crippen LogP) is 3.07. The van der Waals surface area contributed by atoms with Crippen molar-refractivity contribution in [1.82, 2.24) is 4.90 Å². The van der Waals surface area contributed by atoms with E-state index < -0.39 is 0 Å². The number of aliphatic hydroxyl groups is 1. The van der Waals surface area contributed by atoms with E-state index in [4.69, 9.17) is 0 Å². The maximum absolute atomic E-state index is 12.3. The Bertz CT molecular complexity index is 296. The SMILES string of the molecule is CCC1CN(C(=O)CC(C)CC(C)(C)C)CCC1O. The van der Waals surface area contributed by atoms with Crippen molar-refractivity contribution in [2.45, 2.75) is 66.4 Å². The number of amides is 1. The van der Waals surface area contributed by atoms with Gasteiger partial charge < -0.3 is 10.0 Å². The monoisotopic (exact) mass is 269 g/mol. The van der Waals surface area contributed by atoms with Crippen molar-refractivity contribution in [3.8, 4) is 0 Å². The highest BCUT2D eigenvalue weighted by molar-refractivity contribution is 5.76. The maximum Gasteiger partial charge on any atom is 0.222 e. The van der Waals surface area contributed by atoms with Gasteiger partial charge in [-0.25, -0.2) is 0 Å². The fraction of sp³-hybridized carbons (Fsp3) is 0.938. The molecule has 1 N–H and O–H groups in total. The molecule has 0 aromatic heterocycles. The van der Waals surface area contributed by atoms with Crippen molar-refractivity contribution in [2.75, 3.05) is 13.1 Å². The second-order valence-corrected chi connectivity index (χ2v) is 7.44. The third-order valence-electron chi connectivity index (χ3n) is 4.05. The van der Waals surface area contributed by atoms with Crippen molar-refractivity contribution < 1.29 is 9.90 Å². The molecule has 1 rings (SSSR count). The lowest BCUT2D eigenvalue weighted by molar-refractivity contribution is -0.136. The zero-order valence-electron chi connectivity index (χ0n) is 13.3. The first-order chi connectivity index (χ1) is 8.73.